The Labute approximate surface area is 222 Å². The van der Waals surface area contributed by atoms with Gasteiger partial charge in [0.1, 0.15) is 17.7 Å². The van der Waals surface area contributed by atoms with Gasteiger partial charge in [0.25, 0.3) is 0 Å². The molecule has 0 N–H and O–H groups in total. The second-order valence-corrected chi connectivity index (χ2v) is 8.82. The van der Waals surface area contributed by atoms with Gasteiger partial charge in [-0.2, -0.15) is 18.3 Å². The lowest BCUT2D eigenvalue weighted by Crippen LogP contribution is -2.05. The summed E-state index contributed by atoms with van der Waals surface area (Å²) in [5, 5.41) is 5.10. The maximum absolute atomic E-state index is 13.5. The van der Waals surface area contributed by atoms with Crippen molar-refractivity contribution in [3.8, 4) is 28.7 Å². The number of aromatic nitrogens is 8. The normalized spacial score (nSPS) is 16.5. The van der Waals surface area contributed by atoms with Crippen LogP contribution >= 0.6 is 0 Å². The summed E-state index contributed by atoms with van der Waals surface area (Å²) < 4.78 is 86.6. The topological polar surface area (TPSA) is 96.4 Å². The summed E-state index contributed by atoms with van der Waals surface area (Å²) in [4.78, 5) is 21.5. The van der Waals surface area contributed by atoms with E-state index in [1.54, 1.807) is 29.2 Å². The van der Waals surface area contributed by atoms with Crippen LogP contribution in [0, 0.1) is 0 Å². The monoisotopic (exact) mass is 525 g/mol. The highest BCUT2D eigenvalue weighted by Crippen LogP contribution is 2.44. The molecule has 0 atom stereocenters. The molecular formula is C26H23F3N8O. The molecule has 1 saturated carbocycles. The molecule has 12 heteroatoms. The van der Waals surface area contributed by atoms with E-state index in [0.717, 1.165) is 18.5 Å². The molecule has 0 saturated heterocycles. The third kappa shape index (κ3) is 4.35. The van der Waals surface area contributed by atoms with Crippen molar-refractivity contribution in [2.45, 2.75) is 44.8 Å². The van der Waals surface area contributed by atoms with Crippen molar-refractivity contribution in [3.05, 3.63) is 66.1 Å². The number of alkyl halides is 3. The Hall–Kier alpha value is -4.35. The average Bonchev–Trinajstić information content (AvgIpc) is 3.57. The zero-order valence-electron chi connectivity index (χ0n) is 24.9. The minimum Gasteiger partial charge on any atom is -0.480 e. The van der Waals surface area contributed by atoms with Gasteiger partial charge in [-0.25, -0.2) is 29.6 Å². The fraction of sp³-hybridized carbons (Fsp3) is 0.308. The molecular weight excluding hydrogens is 497 g/mol. The fourth-order valence-electron chi connectivity index (χ4n) is 4.25. The van der Waals surface area contributed by atoms with Crippen LogP contribution in [0.2, 0.25) is 0 Å². The Morgan fingerprint density at radius 2 is 1.92 bits per heavy atom. The summed E-state index contributed by atoms with van der Waals surface area (Å²) in [6.45, 7) is -6.16. The van der Waals surface area contributed by atoms with Crippen LogP contribution in [-0.4, -0.2) is 46.4 Å². The molecule has 0 amide bonds. The predicted octanol–water partition coefficient (Wildman–Crippen LogP) is 5.12. The average molecular weight is 526 g/mol. The predicted molar refractivity (Wildman–Crippen MR) is 132 cm³/mol. The van der Waals surface area contributed by atoms with Gasteiger partial charge in [-0.15, -0.1) is 0 Å². The molecule has 0 aliphatic heterocycles. The van der Waals surface area contributed by atoms with E-state index in [1.165, 1.54) is 25.6 Å². The molecule has 4 aromatic heterocycles. The number of rotatable bonds is 7. The van der Waals surface area contributed by atoms with Gasteiger partial charge in [0.15, 0.2) is 17.2 Å². The van der Waals surface area contributed by atoms with Gasteiger partial charge in [-0.3, -0.25) is 0 Å². The first-order valence-electron chi connectivity index (χ1n) is 14.1. The second kappa shape index (κ2) is 9.19. The second-order valence-electron chi connectivity index (χ2n) is 8.82. The molecule has 0 bridgehead atoms. The standard InChI is InChI=1S/C26H23F3N8O/c1-3-36-13-19(26(27,28)29)34-23(36)17-6-4-15(5-7-17)12-37-24-18(11-33-37)10-30-22(35-24)20-21(16-8-9-16)31-14-32-25(20)38-2/h4-7,10-11,13-14,16H,3,8-9,12H2,1-2H3/i1D3,3D2. The third-order valence-corrected chi connectivity index (χ3v) is 6.26. The number of nitrogens with zero attached hydrogens (tertiary/aromatic N) is 8. The molecule has 5 aromatic rings. The zero-order chi connectivity index (χ0) is 30.7. The van der Waals surface area contributed by atoms with Gasteiger partial charge in [-0.05, 0) is 25.3 Å². The van der Waals surface area contributed by atoms with E-state index >= 15 is 0 Å². The Morgan fingerprint density at radius 1 is 1.11 bits per heavy atom. The Balaban J connectivity index is 1.34. The summed E-state index contributed by atoms with van der Waals surface area (Å²) >= 11 is 0. The number of halogens is 3. The molecule has 194 valence electrons. The van der Waals surface area contributed by atoms with Crippen molar-refractivity contribution in [2.24, 2.45) is 0 Å². The zero-order valence-corrected chi connectivity index (χ0v) is 19.9. The van der Waals surface area contributed by atoms with E-state index in [9.17, 15) is 13.2 Å². The van der Waals surface area contributed by atoms with Crippen LogP contribution in [0.3, 0.4) is 0 Å². The van der Waals surface area contributed by atoms with Crippen molar-refractivity contribution in [2.75, 3.05) is 7.11 Å². The minimum absolute atomic E-state index is 0.103. The first-order chi connectivity index (χ1) is 20.3. The fourth-order valence-corrected chi connectivity index (χ4v) is 4.25. The van der Waals surface area contributed by atoms with Crippen molar-refractivity contribution < 1.29 is 24.8 Å². The van der Waals surface area contributed by atoms with Crippen LogP contribution in [0.4, 0.5) is 13.2 Å². The van der Waals surface area contributed by atoms with E-state index < -0.39 is 31.0 Å². The van der Waals surface area contributed by atoms with Crippen LogP contribution in [0.15, 0.2) is 49.2 Å². The summed E-state index contributed by atoms with van der Waals surface area (Å²) in [7, 11) is 1.52. The van der Waals surface area contributed by atoms with E-state index in [-0.39, 0.29) is 18.0 Å². The van der Waals surface area contributed by atoms with Crippen LogP contribution in [0.25, 0.3) is 33.8 Å². The maximum atomic E-state index is 13.5. The number of benzene rings is 1. The molecule has 0 spiro atoms. The first-order valence-corrected chi connectivity index (χ1v) is 11.6. The summed E-state index contributed by atoms with van der Waals surface area (Å²) in [5.41, 5.74) is 1.37. The van der Waals surface area contributed by atoms with Gasteiger partial charge >= 0.3 is 6.18 Å². The molecule has 0 unspecified atom stereocenters. The van der Waals surface area contributed by atoms with Crippen LogP contribution in [0.5, 0.6) is 5.88 Å². The van der Waals surface area contributed by atoms with Gasteiger partial charge in [0.05, 0.1) is 30.9 Å². The molecule has 1 aromatic carbocycles. The number of methoxy groups -OCH3 is 1. The highest BCUT2D eigenvalue weighted by molar-refractivity contribution is 5.77. The van der Waals surface area contributed by atoms with Crippen molar-refractivity contribution in [1.82, 2.24) is 39.3 Å². The lowest BCUT2D eigenvalue weighted by molar-refractivity contribution is -0.140. The van der Waals surface area contributed by atoms with Gasteiger partial charge in [0.2, 0.25) is 5.88 Å². The third-order valence-electron chi connectivity index (χ3n) is 6.26. The number of ether oxygens (including phenoxy) is 1. The summed E-state index contributed by atoms with van der Waals surface area (Å²) in [6, 6.07) is 6.12. The van der Waals surface area contributed by atoms with Crippen LogP contribution in [-0.2, 0) is 19.2 Å². The highest BCUT2D eigenvalue weighted by atomic mass is 19.4. The number of fused-ring (bicyclic) bond motifs is 1. The molecule has 1 aliphatic carbocycles. The molecule has 1 fully saturated rings. The lowest BCUT2D eigenvalue weighted by Gasteiger charge is -2.11. The van der Waals surface area contributed by atoms with Gasteiger partial charge in [-0.1, -0.05) is 24.3 Å². The summed E-state index contributed by atoms with van der Waals surface area (Å²) in [6.07, 6.45) is 2.19. The van der Waals surface area contributed by atoms with E-state index in [1.807, 2.05) is 0 Å². The summed E-state index contributed by atoms with van der Waals surface area (Å²) in [5.74, 6) is 0.576. The van der Waals surface area contributed by atoms with Crippen molar-refractivity contribution >= 4 is 11.0 Å². The first kappa shape index (κ1) is 18.8. The van der Waals surface area contributed by atoms with Crippen LogP contribution < -0.4 is 4.74 Å². The van der Waals surface area contributed by atoms with Crippen molar-refractivity contribution in [3.63, 3.8) is 0 Å². The number of hydrogen-bond acceptors (Lipinski definition) is 7. The maximum Gasteiger partial charge on any atom is 0.434 e. The molecule has 4 heterocycles. The largest absolute Gasteiger partial charge is 0.480 e. The molecule has 1 aliphatic rings. The van der Waals surface area contributed by atoms with E-state index in [4.69, 9.17) is 16.6 Å². The Morgan fingerprint density at radius 3 is 2.63 bits per heavy atom. The quantitative estimate of drug-likeness (QED) is 0.291. The van der Waals surface area contributed by atoms with E-state index in [0.29, 0.717) is 44.6 Å². The Kier molecular flexibility index (Phi) is 4.55. The molecule has 38 heavy (non-hydrogen) atoms. The molecule has 6 rings (SSSR count). The smallest absolute Gasteiger partial charge is 0.434 e. The Bertz CT molecular complexity index is 1810. The van der Waals surface area contributed by atoms with Gasteiger partial charge < -0.3 is 9.30 Å². The van der Waals surface area contributed by atoms with Gasteiger partial charge in [0, 0.05) is 37.2 Å². The van der Waals surface area contributed by atoms with E-state index in [2.05, 4.69) is 25.0 Å². The number of hydrogen-bond donors (Lipinski definition) is 0. The number of imidazole rings is 1. The number of aryl methyl sites for hydroxylation is 1. The minimum atomic E-state index is -4.90. The molecule has 9 nitrogen and oxygen atoms in total. The van der Waals surface area contributed by atoms with Crippen molar-refractivity contribution in [1.29, 1.82) is 0 Å². The SMILES string of the molecule is [2H]C([2H])([2H])C([2H])([2H])n1cc(C(F)(F)F)nc1-c1ccc(Cn2ncc3cnc(-c4c(OC)ncnc4C4CC4)nc32)cc1. The lowest BCUT2D eigenvalue weighted by atomic mass is 10.1. The highest BCUT2D eigenvalue weighted by Gasteiger charge is 2.35. The molecule has 0 radical (unpaired) electrons. The van der Waals surface area contributed by atoms with Crippen LogP contribution in [0.1, 0.15) is 49.4 Å².